The first-order valence-electron chi connectivity index (χ1n) is 7.59. The van der Waals surface area contributed by atoms with Gasteiger partial charge in [-0.2, -0.15) is 4.31 Å². The van der Waals surface area contributed by atoms with Gasteiger partial charge in [-0.15, -0.1) is 0 Å². The minimum Gasteiger partial charge on any atom is -0.493 e. The summed E-state index contributed by atoms with van der Waals surface area (Å²) in [5, 5.41) is -0.305. The highest BCUT2D eigenvalue weighted by molar-refractivity contribution is 8.14. The lowest BCUT2D eigenvalue weighted by atomic mass is 10.2. The van der Waals surface area contributed by atoms with Crippen LogP contribution in [0.15, 0.2) is 23.1 Å². The van der Waals surface area contributed by atoms with Gasteiger partial charge in [0.2, 0.25) is 15.9 Å². The van der Waals surface area contributed by atoms with Crippen molar-refractivity contribution >= 4 is 32.9 Å². The topological polar surface area (TPSA) is 93.2 Å². The minimum atomic E-state index is -3.75. The molecule has 0 radical (unpaired) electrons. The Morgan fingerprint density at radius 2 is 1.88 bits per heavy atom. The fourth-order valence-electron chi connectivity index (χ4n) is 2.98. The number of hydrogen-bond acceptors (Lipinski definition) is 7. The van der Waals surface area contributed by atoms with Crippen LogP contribution in [0.25, 0.3) is 0 Å². The van der Waals surface area contributed by atoms with Gasteiger partial charge in [0, 0.05) is 19.2 Å². The molecule has 0 aliphatic carbocycles. The average molecular weight is 386 g/mol. The molecule has 10 heteroatoms. The molecular weight excluding hydrogens is 368 g/mol. The minimum absolute atomic E-state index is 0.0826. The summed E-state index contributed by atoms with van der Waals surface area (Å²) in [7, 11) is -0.848. The summed E-state index contributed by atoms with van der Waals surface area (Å²) in [5.74, 6) is 0.620. The summed E-state index contributed by atoms with van der Waals surface area (Å²) in [6, 6.07) is 3.98. The zero-order chi connectivity index (χ0) is 18.2. The van der Waals surface area contributed by atoms with E-state index in [1.807, 2.05) is 0 Å². The molecule has 8 nitrogen and oxygen atoms in total. The Balaban J connectivity index is 1.82. The van der Waals surface area contributed by atoms with Crippen molar-refractivity contribution in [2.24, 2.45) is 0 Å². The number of sulfonamides is 1. The largest absolute Gasteiger partial charge is 0.493 e. The molecule has 2 aliphatic heterocycles. The van der Waals surface area contributed by atoms with Crippen LogP contribution in [0, 0.1) is 0 Å². The molecule has 0 saturated carbocycles. The molecule has 1 aromatic carbocycles. The number of rotatable bonds is 5. The molecule has 2 amide bonds. The van der Waals surface area contributed by atoms with E-state index in [2.05, 4.69) is 0 Å². The molecule has 0 unspecified atom stereocenters. The van der Waals surface area contributed by atoms with E-state index in [1.165, 1.54) is 41.6 Å². The second-order valence-corrected chi connectivity index (χ2v) is 8.51. The van der Waals surface area contributed by atoms with E-state index in [4.69, 9.17) is 9.47 Å². The van der Waals surface area contributed by atoms with Crippen molar-refractivity contribution in [3.8, 4) is 11.5 Å². The third-order valence-electron chi connectivity index (χ3n) is 4.27. The summed E-state index contributed by atoms with van der Waals surface area (Å²) in [6.07, 6.45) is 0.435. The highest BCUT2D eigenvalue weighted by Gasteiger charge is 2.42. The van der Waals surface area contributed by atoms with Crippen molar-refractivity contribution in [3.05, 3.63) is 18.2 Å². The molecule has 136 valence electrons. The number of nitrogens with zero attached hydrogens (tertiary/aromatic N) is 2. The summed E-state index contributed by atoms with van der Waals surface area (Å²) in [4.78, 5) is 24.9. The molecule has 0 aromatic heterocycles. The molecule has 0 N–H and O–H groups in total. The van der Waals surface area contributed by atoms with E-state index in [1.54, 1.807) is 0 Å². The second kappa shape index (κ2) is 6.85. The summed E-state index contributed by atoms with van der Waals surface area (Å²) >= 11 is 0.954. The first-order valence-corrected chi connectivity index (χ1v) is 10.0. The number of carbonyl (C=O) groups is 2. The number of ether oxygens (including phenoxy) is 2. The first kappa shape index (κ1) is 18.0. The molecule has 2 saturated heterocycles. The fraction of sp³-hybridized carbons (Fsp3) is 0.467. The van der Waals surface area contributed by atoms with Crippen LogP contribution in [-0.2, 0) is 14.8 Å². The molecular formula is C15H18N2O6S2. The first-order chi connectivity index (χ1) is 11.9. The molecule has 0 bridgehead atoms. The van der Waals surface area contributed by atoms with Gasteiger partial charge in [0.1, 0.15) is 0 Å². The number of thioether (sulfide) groups is 1. The van der Waals surface area contributed by atoms with Gasteiger partial charge in [-0.05, 0) is 18.6 Å². The molecule has 2 heterocycles. The van der Waals surface area contributed by atoms with Crippen molar-refractivity contribution in [1.82, 2.24) is 9.21 Å². The van der Waals surface area contributed by atoms with Crippen molar-refractivity contribution in [2.45, 2.75) is 17.4 Å². The Labute approximate surface area is 150 Å². The molecule has 2 fully saturated rings. The van der Waals surface area contributed by atoms with Crippen LogP contribution >= 0.6 is 11.8 Å². The molecule has 25 heavy (non-hydrogen) atoms. The Morgan fingerprint density at radius 1 is 1.16 bits per heavy atom. The maximum Gasteiger partial charge on any atom is 0.289 e. The van der Waals surface area contributed by atoms with Gasteiger partial charge < -0.3 is 9.47 Å². The monoisotopic (exact) mass is 386 g/mol. The van der Waals surface area contributed by atoms with Crippen LogP contribution in [0.2, 0.25) is 0 Å². The van der Waals surface area contributed by atoms with Crippen LogP contribution in [0.1, 0.15) is 6.42 Å². The van der Waals surface area contributed by atoms with E-state index >= 15 is 0 Å². The molecule has 1 aromatic rings. The normalized spacial score (nSPS) is 21.8. The van der Waals surface area contributed by atoms with Gasteiger partial charge in [-0.1, -0.05) is 11.8 Å². The average Bonchev–Trinajstić information content (AvgIpc) is 3.21. The van der Waals surface area contributed by atoms with Crippen LogP contribution in [0.5, 0.6) is 11.5 Å². The van der Waals surface area contributed by atoms with Crippen LogP contribution in [0.3, 0.4) is 0 Å². The highest BCUT2D eigenvalue weighted by atomic mass is 32.2. The lowest BCUT2D eigenvalue weighted by molar-refractivity contribution is -0.126. The van der Waals surface area contributed by atoms with Crippen LogP contribution in [-0.4, -0.2) is 67.9 Å². The van der Waals surface area contributed by atoms with E-state index in [0.29, 0.717) is 17.9 Å². The van der Waals surface area contributed by atoms with Crippen LogP contribution < -0.4 is 9.47 Å². The molecule has 0 spiro atoms. The van der Waals surface area contributed by atoms with Gasteiger partial charge in [0.15, 0.2) is 11.5 Å². The van der Waals surface area contributed by atoms with E-state index in [9.17, 15) is 18.0 Å². The van der Waals surface area contributed by atoms with Crippen molar-refractivity contribution < 1.29 is 27.5 Å². The predicted octanol–water partition coefficient (Wildman–Crippen LogP) is 1.16. The molecule has 1 atom stereocenters. The van der Waals surface area contributed by atoms with Crippen molar-refractivity contribution in [1.29, 1.82) is 0 Å². The van der Waals surface area contributed by atoms with Gasteiger partial charge in [0.25, 0.3) is 5.24 Å². The van der Waals surface area contributed by atoms with E-state index in [0.717, 1.165) is 11.8 Å². The van der Waals surface area contributed by atoms with Crippen LogP contribution in [0.4, 0.5) is 4.79 Å². The van der Waals surface area contributed by atoms with Gasteiger partial charge in [0.05, 0.1) is 30.9 Å². The third kappa shape index (κ3) is 3.21. The fourth-order valence-corrected chi connectivity index (χ4v) is 5.27. The zero-order valence-corrected chi connectivity index (χ0v) is 15.4. The number of hydrogen-bond donors (Lipinski definition) is 0. The van der Waals surface area contributed by atoms with Gasteiger partial charge in [-0.25, -0.2) is 8.42 Å². The van der Waals surface area contributed by atoms with Gasteiger partial charge >= 0.3 is 0 Å². The number of benzene rings is 1. The lowest BCUT2D eigenvalue weighted by Crippen LogP contribution is -2.41. The smallest absolute Gasteiger partial charge is 0.289 e. The number of methoxy groups -OCH3 is 2. The lowest BCUT2D eigenvalue weighted by Gasteiger charge is -2.22. The quantitative estimate of drug-likeness (QED) is 0.750. The maximum absolute atomic E-state index is 12.9. The standard InChI is InChI=1S/C15H18N2O6S2/c1-22-12-4-3-11(7-13(12)23-2)25(20,21)16-6-5-10(8-16)17-14(18)9-24-15(17)19/h3-4,7,10H,5-6,8-9H2,1-2H3/t10-/m0/s1. The predicted molar refractivity (Wildman–Crippen MR) is 91.4 cm³/mol. The van der Waals surface area contributed by atoms with Crippen molar-refractivity contribution in [2.75, 3.05) is 33.1 Å². The molecule has 3 rings (SSSR count). The number of carbonyl (C=O) groups excluding carboxylic acids is 2. The number of imide groups is 1. The molecule has 2 aliphatic rings. The summed E-state index contributed by atoms with van der Waals surface area (Å²) < 4.78 is 37.3. The van der Waals surface area contributed by atoms with Crippen molar-refractivity contribution in [3.63, 3.8) is 0 Å². The Morgan fingerprint density at radius 3 is 2.48 bits per heavy atom. The highest BCUT2D eigenvalue weighted by Crippen LogP contribution is 2.33. The second-order valence-electron chi connectivity index (χ2n) is 5.64. The Kier molecular flexibility index (Phi) is 4.94. The zero-order valence-electron chi connectivity index (χ0n) is 13.8. The van der Waals surface area contributed by atoms with Gasteiger partial charge in [-0.3, -0.25) is 14.5 Å². The number of amides is 2. The third-order valence-corrected chi connectivity index (χ3v) is 6.96. The SMILES string of the molecule is COc1ccc(S(=O)(=O)N2CC[C@H](N3C(=O)CSC3=O)C2)cc1OC. The maximum atomic E-state index is 12.9. The van der Waals surface area contributed by atoms with E-state index < -0.39 is 16.1 Å². The summed E-state index contributed by atoms with van der Waals surface area (Å²) in [5.41, 5.74) is 0. The Bertz CT molecular complexity index is 794. The Hall–Kier alpha value is -1.78. The summed E-state index contributed by atoms with van der Waals surface area (Å²) in [6.45, 7) is 0.359. The van der Waals surface area contributed by atoms with E-state index in [-0.39, 0.29) is 34.9 Å².